The number of nitrogens with zero attached hydrogens (tertiary/aromatic N) is 1. The van der Waals surface area contributed by atoms with Gasteiger partial charge >= 0.3 is 12.1 Å². The number of nitro benzene ring substituents is 1. The summed E-state index contributed by atoms with van der Waals surface area (Å²) >= 11 is 0. The Kier molecular flexibility index (Phi) is 4.25. The van der Waals surface area contributed by atoms with Crippen LogP contribution in [0.1, 0.15) is 21.9 Å². The minimum atomic E-state index is -4.71. The number of furan rings is 1. The third-order valence-electron chi connectivity index (χ3n) is 2.80. The predicted molar refractivity (Wildman–Crippen MR) is 72.6 cm³/mol. The van der Waals surface area contributed by atoms with Gasteiger partial charge in [-0.3, -0.25) is 25.8 Å². The summed E-state index contributed by atoms with van der Waals surface area (Å²) in [7, 11) is 0. The first-order valence-electron chi connectivity index (χ1n) is 6.17. The van der Waals surface area contributed by atoms with Crippen LogP contribution in [0.15, 0.2) is 34.7 Å². The van der Waals surface area contributed by atoms with Crippen molar-refractivity contribution < 1.29 is 27.3 Å². The lowest BCUT2D eigenvalue weighted by Crippen LogP contribution is -2.29. The van der Waals surface area contributed by atoms with E-state index in [1.807, 2.05) is 0 Å². The standard InChI is InChI=1S/C13H10F3N3O4/c1-7-2-5-11(23-7)12(20)18-17-9-4-3-8(13(14,15)16)6-10(9)19(21)22/h2-6,17H,1H3,(H,18,20). The molecule has 2 rings (SSSR count). The van der Waals surface area contributed by atoms with Gasteiger partial charge in [0.15, 0.2) is 5.76 Å². The number of carbonyl (C=O) groups is 1. The Morgan fingerprint density at radius 1 is 1.26 bits per heavy atom. The van der Waals surface area contributed by atoms with Crippen LogP contribution < -0.4 is 10.9 Å². The highest BCUT2D eigenvalue weighted by Crippen LogP contribution is 2.34. The van der Waals surface area contributed by atoms with Crippen molar-refractivity contribution >= 4 is 17.3 Å². The number of carbonyl (C=O) groups excluding carboxylic acids is 1. The zero-order valence-corrected chi connectivity index (χ0v) is 11.6. The highest BCUT2D eigenvalue weighted by atomic mass is 19.4. The molecule has 122 valence electrons. The molecule has 1 heterocycles. The Hall–Kier alpha value is -3.04. The van der Waals surface area contributed by atoms with Gasteiger partial charge in [-0.15, -0.1) is 0 Å². The normalized spacial score (nSPS) is 11.1. The first-order chi connectivity index (χ1) is 10.7. The molecule has 0 radical (unpaired) electrons. The highest BCUT2D eigenvalue weighted by molar-refractivity contribution is 5.92. The number of hydrogen-bond donors (Lipinski definition) is 2. The van der Waals surface area contributed by atoms with E-state index >= 15 is 0 Å². The highest BCUT2D eigenvalue weighted by Gasteiger charge is 2.33. The second-order valence-electron chi connectivity index (χ2n) is 4.48. The smallest absolute Gasteiger partial charge is 0.416 e. The average molecular weight is 329 g/mol. The molecule has 0 unspecified atom stereocenters. The number of aryl methyl sites for hydroxylation is 1. The van der Waals surface area contributed by atoms with Crippen molar-refractivity contribution in [3.8, 4) is 0 Å². The lowest BCUT2D eigenvalue weighted by molar-refractivity contribution is -0.384. The Morgan fingerprint density at radius 2 is 1.96 bits per heavy atom. The van der Waals surface area contributed by atoms with E-state index in [-0.39, 0.29) is 11.4 Å². The van der Waals surface area contributed by atoms with Crippen molar-refractivity contribution in [3.05, 3.63) is 57.5 Å². The maximum atomic E-state index is 12.6. The number of anilines is 1. The quantitative estimate of drug-likeness (QED) is 0.663. The van der Waals surface area contributed by atoms with Crippen LogP contribution in [0.3, 0.4) is 0 Å². The van der Waals surface area contributed by atoms with Crippen molar-refractivity contribution in [3.63, 3.8) is 0 Å². The summed E-state index contributed by atoms with van der Waals surface area (Å²) in [5, 5.41) is 10.9. The van der Waals surface area contributed by atoms with Crippen LogP contribution in [0.4, 0.5) is 24.5 Å². The number of alkyl halides is 3. The van der Waals surface area contributed by atoms with Gasteiger partial charge < -0.3 is 4.42 Å². The minimum Gasteiger partial charge on any atom is -0.456 e. The van der Waals surface area contributed by atoms with Gasteiger partial charge in [0.05, 0.1) is 10.5 Å². The molecule has 0 spiro atoms. The molecule has 10 heteroatoms. The topological polar surface area (TPSA) is 97.4 Å². The van der Waals surface area contributed by atoms with Crippen LogP contribution in [0, 0.1) is 17.0 Å². The monoisotopic (exact) mass is 329 g/mol. The number of hydrogen-bond acceptors (Lipinski definition) is 5. The van der Waals surface area contributed by atoms with E-state index in [9.17, 15) is 28.1 Å². The van der Waals surface area contributed by atoms with E-state index in [0.29, 0.717) is 17.9 Å². The predicted octanol–water partition coefficient (Wildman–Crippen LogP) is 3.27. The summed E-state index contributed by atoms with van der Waals surface area (Å²) < 4.78 is 42.8. The Balaban J connectivity index is 2.19. The number of rotatable bonds is 4. The van der Waals surface area contributed by atoms with Crippen LogP contribution in [0.2, 0.25) is 0 Å². The van der Waals surface area contributed by atoms with Gasteiger partial charge in [0, 0.05) is 6.07 Å². The van der Waals surface area contributed by atoms with E-state index in [2.05, 4.69) is 10.9 Å². The fourth-order valence-electron chi connectivity index (χ4n) is 1.71. The molecular formula is C13H10F3N3O4. The molecule has 0 saturated heterocycles. The fraction of sp³-hybridized carbons (Fsp3) is 0.154. The van der Waals surface area contributed by atoms with E-state index in [1.165, 1.54) is 12.1 Å². The number of nitrogens with one attached hydrogen (secondary N) is 2. The molecule has 0 aliphatic rings. The molecule has 2 aromatic rings. The first-order valence-corrected chi connectivity index (χ1v) is 6.17. The van der Waals surface area contributed by atoms with E-state index in [0.717, 1.165) is 6.07 Å². The molecule has 0 fully saturated rings. The second kappa shape index (κ2) is 5.99. The van der Waals surface area contributed by atoms with Gasteiger partial charge in [0.1, 0.15) is 11.4 Å². The van der Waals surface area contributed by atoms with Gasteiger partial charge in [0.25, 0.3) is 5.69 Å². The molecule has 2 N–H and O–H groups in total. The Morgan fingerprint density at radius 3 is 2.48 bits per heavy atom. The number of nitro groups is 1. The van der Waals surface area contributed by atoms with Crippen LogP contribution >= 0.6 is 0 Å². The SMILES string of the molecule is Cc1ccc(C(=O)NNc2ccc(C(F)(F)F)cc2[N+](=O)[O-])o1. The summed E-state index contributed by atoms with van der Waals surface area (Å²) in [5.41, 5.74) is 2.05. The number of hydrazine groups is 1. The second-order valence-corrected chi connectivity index (χ2v) is 4.48. The van der Waals surface area contributed by atoms with Crippen molar-refractivity contribution in [1.29, 1.82) is 0 Å². The van der Waals surface area contributed by atoms with Gasteiger partial charge in [-0.25, -0.2) is 0 Å². The summed E-state index contributed by atoms with van der Waals surface area (Å²) in [6.07, 6.45) is -4.71. The van der Waals surface area contributed by atoms with Crippen molar-refractivity contribution in [2.24, 2.45) is 0 Å². The Labute approximate surface area is 127 Å². The van der Waals surface area contributed by atoms with Crippen LogP contribution in [-0.2, 0) is 6.18 Å². The van der Waals surface area contributed by atoms with Crippen molar-refractivity contribution in [2.45, 2.75) is 13.1 Å². The first kappa shape index (κ1) is 16.3. The summed E-state index contributed by atoms with van der Waals surface area (Å²) in [6.45, 7) is 1.62. The molecule has 0 aliphatic carbocycles. The number of benzene rings is 1. The number of halogens is 3. The zero-order valence-electron chi connectivity index (χ0n) is 11.6. The summed E-state index contributed by atoms with van der Waals surface area (Å²) in [4.78, 5) is 21.6. The molecule has 0 aliphatic heterocycles. The molecule has 1 aromatic heterocycles. The average Bonchev–Trinajstić information content (AvgIpc) is 2.90. The van der Waals surface area contributed by atoms with E-state index < -0.39 is 28.3 Å². The summed E-state index contributed by atoms with van der Waals surface area (Å²) in [5.74, 6) is -0.299. The van der Waals surface area contributed by atoms with Crippen molar-refractivity contribution in [2.75, 3.05) is 5.43 Å². The molecule has 0 saturated carbocycles. The third kappa shape index (κ3) is 3.78. The third-order valence-corrected chi connectivity index (χ3v) is 2.80. The molecule has 0 bridgehead atoms. The lowest BCUT2D eigenvalue weighted by atomic mass is 10.1. The van der Waals surface area contributed by atoms with Crippen LogP contribution in [0.25, 0.3) is 0 Å². The molecule has 7 nitrogen and oxygen atoms in total. The van der Waals surface area contributed by atoms with Gasteiger partial charge in [-0.2, -0.15) is 13.2 Å². The summed E-state index contributed by atoms with van der Waals surface area (Å²) in [6, 6.07) is 4.82. The van der Waals surface area contributed by atoms with E-state index in [4.69, 9.17) is 4.42 Å². The van der Waals surface area contributed by atoms with Crippen LogP contribution in [-0.4, -0.2) is 10.8 Å². The molecular weight excluding hydrogens is 319 g/mol. The van der Waals surface area contributed by atoms with Crippen LogP contribution in [0.5, 0.6) is 0 Å². The van der Waals surface area contributed by atoms with Gasteiger partial charge in [-0.1, -0.05) is 0 Å². The fourth-order valence-corrected chi connectivity index (χ4v) is 1.71. The largest absolute Gasteiger partial charge is 0.456 e. The Bertz CT molecular complexity index is 755. The van der Waals surface area contributed by atoms with Crippen molar-refractivity contribution in [1.82, 2.24) is 5.43 Å². The number of amides is 1. The maximum absolute atomic E-state index is 12.6. The molecule has 23 heavy (non-hydrogen) atoms. The van der Waals surface area contributed by atoms with Gasteiger partial charge in [-0.05, 0) is 31.2 Å². The zero-order chi connectivity index (χ0) is 17.2. The molecule has 1 amide bonds. The van der Waals surface area contributed by atoms with E-state index in [1.54, 1.807) is 6.92 Å². The molecule has 0 atom stereocenters. The minimum absolute atomic E-state index is 0.0513. The molecule has 1 aromatic carbocycles. The maximum Gasteiger partial charge on any atom is 0.416 e. The lowest BCUT2D eigenvalue weighted by Gasteiger charge is -2.10. The van der Waals surface area contributed by atoms with Gasteiger partial charge in [0.2, 0.25) is 0 Å².